The van der Waals surface area contributed by atoms with E-state index in [2.05, 4.69) is 9.72 Å². The largest absolute Gasteiger partial charge is 0.453 e. The summed E-state index contributed by atoms with van der Waals surface area (Å²) >= 11 is 1.11. The van der Waals surface area contributed by atoms with Crippen LogP contribution in [0.1, 0.15) is 6.23 Å². The van der Waals surface area contributed by atoms with E-state index in [4.69, 9.17) is 24.3 Å². The number of nitrogens with one attached hydrogen (secondary N) is 1. The number of carbonyl (C=O) groups excluding carboxylic acids is 2. The maximum atomic E-state index is 12.0. The van der Waals surface area contributed by atoms with E-state index in [1.54, 1.807) is 5.32 Å². The van der Waals surface area contributed by atoms with Gasteiger partial charge in [-0.3, -0.25) is 14.7 Å². The number of anilines is 1. The lowest BCUT2D eigenvalue weighted by atomic mass is 10.5. The van der Waals surface area contributed by atoms with Crippen LogP contribution in [-0.2, 0) is 18.6 Å². The van der Waals surface area contributed by atoms with Crippen LogP contribution in [0.4, 0.5) is 15.4 Å². The molecule has 0 saturated carbocycles. The number of ether oxygens (including phenoxy) is 2. The summed E-state index contributed by atoms with van der Waals surface area (Å²) in [5.74, 6) is -0.157. The molecule has 17 heteroatoms. The number of hydrogen-bond acceptors (Lipinski definition) is 9. The molecule has 0 spiro atoms. The molecule has 0 bridgehead atoms. The van der Waals surface area contributed by atoms with Gasteiger partial charge in [0, 0.05) is 11.9 Å². The van der Waals surface area contributed by atoms with Crippen molar-refractivity contribution in [3.63, 3.8) is 0 Å². The zero-order chi connectivity index (χ0) is 20.4. The van der Waals surface area contributed by atoms with Crippen molar-refractivity contribution >= 4 is 44.1 Å². The smallest absolute Gasteiger partial charge is 0.433 e. The van der Waals surface area contributed by atoms with Crippen LogP contribution < -0.4 is 11.0 Å². The van der Waals surface area contributed by atoms with Gasteiger partial charge >= 0.3 is 32.2 Å². The fourth-order valence-electron chi connectivity index (χ4n) is 1.78. The Morgan fingerprint density at radius 3 is 2.56 bits per heavy atom. The van der Waals surface area contributed by atoms with Crippen molar-refractivity contribution in [1.29, 1.82) is 0 Å². The summed E-state index contributed by atoms with van der Waals surface area (Å²) in [6.07, 6.45) is 0.320. The summed E-state index contributed by atoms with van der Waals surface area (Å²) in [5, 5.41) is 1.79. The van der Waals surface area contributed by atoms with Crippen molar-refractivity contribution < 1.29 is 47.8 Å². The topological polar surface area (TPSA) is 215 Å². The lowest BCUT2D eigenvalue weighted by molar-refractivity contribution is -0.00816. The average Bonchev–Trinajstić information content (AvgIpc) is 2.99. The van der Waals surface area contributed by atoms with Crippen molar-refractivity contribution in [3.8, 4) is 0 Å². The van der Waals surface area contributed by atoms with Crippen molar-refractivity contribution in [3.05, 3.63) is 22.7 Å². The Balaban J connectivity index is 1.98. The molecule has 150 valence electrons. The fourth-order valence-corrected chi connectivity index (χ4v) is 3.28. The average molecular weight is 445 g/mol. The summed E-state index contributed by atoms with van der Waals surface area (Å²) in [4.78, 5) is 72.3. The molecule has 5 N–H and O–H groups in total. The van der Waals surface area contributed by atoms with Crippen LogP contribution in [0.15, 0.2) is 17.1 Å². The van der Waals surface area contributed by atoms with Crippen LogP contribution >= 0.6 is 27.0 Å². The third-order valence-corrected chi connectivity index (χ3v) is 5.30. The Hall–Kier alpha value is -1.57. The minimum Gasteiger partial charge on any atom is -0.453 e. The normalized spacial score (nSPS) is 20.3. The van der Waals surface area contributed by atoms with Gasteiger partial charge in [0.15, 0.2) is 0 Å². The highest BCUT2D eigenvalue weighted by Crippen LogP contribution is 2.38. The lowest BCUT2D eigenvalue weighted by Crippen LogP contribution is -2.29. The molecule has 1 aromatic heterocycles. The van der Waals surface area contributed by atoms with Crippen LogP contribution in [0.3, 0.4) is 0 Å². The number of nitrogens with zero attached hydrogens (tertiary/aromatic N) is 2. The van der Waals surface area contributed by atoms with Gasteiger partial charge in [-0.2, -0.15) is 4.98 Å². The van der Waals surface area contributed by atoms with Crippen molar-refractivity contribution in [2.24, 2.45) is 0 Å². The van der Waals surface area contributed by atoms with Crippen molar-refractivity contribution in [1.82, 2.24) is 9.55 Å². The van der Waals surface area contributed by atoms with Crippen LogP contribution in [0, 0.1) is 0 Å². The van der Waals surface area contributed by atoms with Gasteiger partial charge in [0.1, 0.15) is 24.1 Å². The predicted molar refractivity (Wildman–Crippen MR) is 89.3 cm³/mol. The maximum Gasteiger partial charge on any atom is 0.433 e. The lowest BCUT2D eigenvalue weighted by Gasteiger charge is -2.15. The van der Waals surface area contributed by atoms with Gasteiger partial charge in [0.25, 0.3) is 0 Å². The predicted octanol–water partition coefficient (Wildman–Crippen LogP) is -0.145. The van der Waals surface area contributed by atoms with Gasteiger partial charge < -0.3 is 29.0 Å². The number of hydrogen-bond donors (Lipinski definition) is 5. The molecule has 27 heavy (non-hydrogen) atoms. The Kier molecular flexibility index (Phi) is 6.60. The molecule has 1 amide bonds. The first-order chi connectivity index (χ1) is 12.4. The van der Waals surface area contributed by atoms with Crippen LogP contribution in [0.25, 0.3) is 0 Å². The Labute approximate surface area is 154 Å². The summed E-state index contributed by atoms with van der Waals surface area (Å²) in [7, 11) is -10.0. The zero-order valence-electron chi connectivity index (χ0n) is 13.1. The first kappa shape index (κ1) is 21.7. The Bertz CT molecular complexity index is 893. The number of aromatic nitrogens is 2. The Morgan fingerprint density at radius 1 is 1.33 bits per heavy atom. The minimum absolute atomic E-state index is 0.216. The summed E-state index contributed by atoms with van der Waals surface area (Å²) in [5.41, 5.74) is -4.99. The molecule has 2 atom stereocenters. The van der Waals surface area contributed by atoms with Crippen molar-refractivity contribution in [2.75, 3.05) is 17.7 Å². The zero-order valence-corrected chi connectivity index (χ0v) is 15.7. The second-order valence-corrected chi connectivity index (χ2v) is 9.09. The molecular formula is C10H13N3O11P2S. The van der Waals surface area contributed by atoms with Crippen LogP contribution in [-0.4, -0.2) is 58.3 Å². The first-order valence-corrected chi connectivity index (χ1v) is 11.1. The molecule has 0 unspecified atom stereocenters. The minimum atomic E-state index is -5.03. The number of thioether (sulfide) groups is 1. The summed E-state index contributed by atoms with van der Waals surface area (Å²) in [6.45, 7) is -0.455. The van der Waals surface area contributed by atoms with E-state index in [1.807, 2.05) is 0 Å². The quantitative estimate of drug-likeness (QED) is 0.361. The first-order valence-electron chi connectivity index (χ1n) is 6.84. The molecule has 14 nitrogen and oxygen atoms in total. The molecule has 0 radical (unpaired) electrons. The number of carbonyl (C=O) groups is 2. The van der Waals surface area contributed by atoms with E-state index in [1.165, 1.54) is 6.20 Å². The van der Waals surface area contributed by atoms with E-state index in [0.29, 0.717) is 0 Å². The molecule has 1 aliphatic rings. The molecule has 1 saturated heterocycles. The summed E-state index contributed by atoms with van der Waals surface area (Å²) in [6, 6.07) is 1.12. The van der Waals surface area contributed by atoms with E-state index in [0.717, 1.165) is 22.4 Å². The molecule has 0 aromatic carbocycles. The second kappa shape index (κ2) is 8.20. The highest BCUT2D eigenvalue weighted by molar-refractivity contribution is 8.00. The Morgan fingerprint density at radius 2 is 2.00 bits per heavy atom. The molecule has 1 aliphatic heterocycles. The standard InChI is InChI=1S/C10H13N3O11P2S/c14-8-11-5(12-9(15)25(17,18)19)1-2-13(8)6-4-27-7(24-6)3-23-10(16)26(20,21)22/h1-2,6-7H,3-4H2,(H2,17,18,19)(H2,20,21,22)(H,11,12,14,15)/t6-,7+/m0/s1. The van der Waals surface area contributed by atoms with Crippen LogP contribution in [0.5, 0.6) is 0 Å². The SMILES string of the molecule is O=C(Nc1ccn([C@@H]2CS[C@H](COC(=O)P(=O)(O)O)O2)c(=O)n1)P(=O)(O)O. The van der Waals surface area contributed by atoms with Gasteiger partial charge in [-0.1, -0.05) is 0 Å². The van der Waals surface area contributed by atoms with Crippen LogP contribution in [0.2, 0.25) is 0 Å². The van der Waals surface area contributed by atoms with Gasteiger partial charge in [-0.25, -0.2) is 18.7 Å². The van der Waals surface area contributed by atoms with Gasteiger partial charge in [0.05, 0.1) is 0 Å². The van der Waals surface area contributed by atoms with E-state index >= 15 is 0 Å². The van der Waals surface area contributed by atoms with E-state index < -0.39 is 50.5 Å². The van der Waals surface area contributed by atoms with Gasteiger partial charge in [-0.05, 0) is 6.07 Å². The molecule has 1 aromatic rings. The van der Waals surface area contributed by atoms with Gasteiger partial charge in [0.2, 0.25) is 0 Å². The van der Waals surface area contributed by atoms with Gasteiger partial charge in [-0.15, -0.1) is 11.8 Å². The molecular weight excluding hydrogens is 432 g/mol. The molecule has 2 rings (SSSR count). The molecule has 2 heterocycles. The van der Waals surface area contributed by atoms with E-state index in [9.17, 15) is 23.5 Å². The molecule has 1 fully saturated rings. The monoisotopic (exact) mass is 445 g/mol. The third-order valence-electron chi connectivity index (χ3n) is 2.95. The third kappa shape index (κ3) is 5.96. The molecule has 0 aliphatic carbocycles. The summed E-state index contributed by atoms with van der Waals surface area (Å²) < 4.78 is 32.3. The van der Waals surface area contributed by atoms with Crippen molar-refractivity contribution in [2.45, 2.75) is 11.7 Å². The number of amides is 1. The fraction of sp³-hybridized carbons (Fsp3) is 0.400. The number of rotatable bonds is 6. The maximum absolute atomic E-state index is 12.0. The highest BCUT2D eigenvalue weighted by atomic mass is 32.2. The second-order valence-electron chi connectivity index (χ2n) is 4.95. The van der Waals surface area contributed by atoms with E-state index in [-0.39, 0.29) is 11.6 Å². The highest BCUT2D eigenvalue weighted by Gasteiger charge is 2.33.